The van der Waals surface area contributed by atoms with Crippen LogP contribution in [-0.4, -0.2) is 24.1 Å². The Morgan fingerprint density at radius 2 is 0.810 bits per heavy atom. The van der Waals surface area contributed by atoms with Gasteiger partial charge in [0.2, 0.25) is 5.95 Å². The van der Waals surface area contributed by atoms with Crippen LogP contribution in [0.3, 0.4) is 0 Å². The molecule has 0 unspecified atom stereocenters. The van der Waals surface area contributed by atoms with Crippen molar-refractivity contribution in [1.29, 1.82) is 0 Å². The molecule has 0 saturated heterocycles. The molecule has 5 nitrogen and oxygen atoms in total. The van der Waals surface area contributed by atoms with E-state index in [2.05, 4.69) is 203 Å². The van der Waals surface area contributed by atoms with Crippen LogP contribution in [0.2, 0.25) is 0 Å². The molecule has 0 aliphatic heterocycles. The first-order chi connectivity index (χ1) is 31.2. The van der Waals surface area contributed by atoms with E-state index in [1.807, 2.05) is 29.5 Å². The minimum atomic E-state index is 0.567. The number of fused-ring (bicyclic) bond motifs is 10. The van der Waals surface area contributed by atoms with Gasteiger partial charge < -0.3 is 4.57 Å². The number of aromatic nitrogens is 5. The van der Waals surface area contributed by atoms with E-state index in [-0.39, 0.29) is 0 Å². The van der Waals surface area contributed by atoms with Gasteiger partial charge in [0.05, 0.1) is 22.1 Å². The molecular weight excluding hydrogens is 787 g/mol. The number of para-hydroxylation sites is 2. The Bertz CT molecular complexity index is 3900. The third-order valence-electron chi connectivity index (χ3n) is 12.4. The lowest BCUT2D eigenvalue weighted by Crippen LogP contribution is -2.07. The first kappa shape index (κ1) is 35.6. The monoisotopic (exact) mass is 821 g/mol. The van der Waals surface area contributed by atoms with Crippen LogP contribution in [0.25, 0.3) is 120 Å². The van der Waals surface area contributed by atoms with Crippen molar-refractivity contribution in [3.8, 4) is 56.7 Å². The lowest BCUT2D eigenvalue weighted by atomic mass is 10.00. The summed E-state index contributed by atoms with van der Waals surface area (Å²) < 4.78 is 7.20. The van der Waals surface area contributed by atoms with E-state index in [4.69, 9.17) is 15.0 Å². The van der Waals surface area contributed by atoms with Gasteiger partial charge >= 0.3 is 0 Å². The van der Waals surface area contributed by atoms with Gasteiger partial charge in [0.15, 0.2) is 11.6 Å². The van der Waals surface area contributed by atoms with E-state index in [0.717, 1.165) is 66.2 Å². The molecule has 0 amide bonds. The molecule has 6 heteroatoms. The summed E-state index contributed by atoms with van der Waals surface area (Å²) in [5.74, 6) is 1.81. The number of hydrogen-bond acceptors (Lipinski definition) is 4. The van der Waals surface area contributed by atoms with Gasteiger partial charge in [0.1, 0.15) is 0 Å². The zero-order valence-electron chi connectivity index (χ0n) is 33.9. The van der Waals surface area contributed by atoms with Crippen molar-refractivity contribution in [3.63, 3.8) is 0 Å². The van der Waals surface area contributed by atoms with E-state index in [0.29, 0.717) is 17.6 Å². The largest absolute Gasteiger partial charge is 0.307 e. The standard InChI is InChI=1S/C57H35N5S/c1-3-14-36(15-4-1)37-26-28-38(29-27-37)40-18-13-19-42(34-40)61-49-23-10-7-20-43(49)46-31-32-47-44-21-8-11-24-50(44)62(54(47)53(46)61)57-59-55(39-16-5-2-6-17-39)58-56(60-57)41-30-33-52-48(35-41)45-22-9-12-25-51(45)63-52/h1-35H. The van der Waals surface area contributed by atoms with Gasteiger partial charge in [-0.25, -0.2) is 4.98 Å². The Morgan fingerprint density at radius 3 is 1.52 bits per heavy atom. The summed E-state index contributed by atoms with van der Waals surface area (Å²) in [7, 11) is 0. The van der Waals surface area contributed by atoms with Crippen molar-refractivity contribution in [1.82, 2.24) is 24.1 Å². The summed E-state index contributed by atoms with van der Waals surface area (Å²) in [5.41, 5.74) is 12.0. The summed E-state index contributed by atoms with van der Waals surface area (Å²) in [6.45, 7) is 0. The molecule has 13 aromatic rings. The highest BCUT2D eigenvalue weighted by molar-refractivity contribution is 7.25. The van der Waals surface area contributed by atoms with Gasteiger partial charge in [-0.2, -0.15) is 9.97 Å². The van der Waals surface area contributed by atoms with Gasteiger partial charge in [-0.3, -0.25) is 4.57 Å². The zero-order chi connectivity index (χ0) is 41.4. The maximum Gasteiger partial charge on any atom is 0.238 e. The molecule has 0 saturated carbocycles. The minimum absolute atomic E-state index is 0.567. The van der Waals surface area contributed by atoms with E-state index >= 15 is 0 Å². The van der Waals surface area contributed by atoms with Crippen LogP contribution in [0.5, 0.6) is 0 Å². The Morgan fingerprint density at radius 1 is 0.302 bits per heavy atom. The van der Waals surface area contributed by atoms with Crippen LogP contribution in [-0.2, 0) is 0 Å². The van der Waals surface area contributed by atoms with E-state index in [1.165, 1.54) is 36.7 Å². The molecule has 0 fully saturated rings. The summed E-state index contributed by atoms with van der Waals surface area (Å²) >= 11 is 1.81. The lowest BCUT2D eigenvalue weighted by Gasteiger charge is -2.14. The molecule has 0 spiro atoms. The fourth-order valence-electron chi connectivity index (χ4n) is 9.46. The van der Waals surface area contributed by atoms with Crippen LogP contribution in [0, 0.1) is 0 Å². The molecule has 9 aromatic carbocycles. The molecule has 4 aromatic heterocycles. The molecule has 0 radical (unpaired) electrons. The Labute approximate surface area is 366 Å². The molecule has 0 N–H and O–H groups in total. The average molecular weight is 822 g/mol. The Kier molecular flexibility index (Phi) is 8.01. The van der Waals surface area contributed by atoms with Crippen LogP contribution in [0.4, 0.5) is 0 Å². The SMILES string of the molecule is c1ccc(-c2ccc(-c3cccc(-n4c5ccccc5c5ccc6c7ccccc7n(-c7nc(-c8ccccc8)nc(-c8ccc9sc%10ccccc%10c9c8)n7)c6c54)c3)cc2)cc1. The molecule has 294 valence electrons. The van der Waals surface area contributed by atoms with Crippen LogP contribution < -0.4 is 0 Å². The molecule has 63 heavy (non-hydrogen) atoms. The number of nitrogens with zero attached hydrogens (tertiary/aromatic N) is 5. The van der Waals surface area contributed by atoms with E-state index in [9.17, 15) is 0 Å². The summed E-state index contributed by atoms with van der Waals surface area (Å²) in [6.07, 6.45) is 0. The van der Waals surface area contributed by atoms with Gasteiger partial charge in [-0.15, -0.1) is 11.3 Å². The zero-order valence-corrected chi connectivity index (χ0v) is 34.7. The highest BCUT2D eigenvalue weighted by Gasteiger charge is 2.24. The maximum atomic E-state index is 5.42. The van der Waals surface area contributed by atoms with E-state index in [1.54, 1.807) is 0 Å². The molecular formula is C57H35N5S. The third kappa shape index (κ3) is 5.73. The second kappa shape index (κ2) is 14.2. The topological polar surface area (TPSA) is 48.5 Å². The molecule has 0 bridgehead atoms. The molecule has 13 rings (SSSR count). The molecule has 0 atom stereocenters. The molecule has 4 heterocycles. The third-order valence-corrected chi connectivity index (χ3v) is 13.5. The average Bonchev–Trinajstić information content (AvgIpc) is 4.02. The predicted molar refractivity (Wildman–Crippen MR) is 263 cm³/mol. The highest BCUT2D eigenvalue weighted by Crippen LogP contribution is 2.43. The van der Waals surface area contributed by atoms with Crippen molar-refractivity contribution >= 4 is 75.1 Å². The minimum Gasteiger partial charge on any atom is -0.307 e. The second-order valence-corrected chi connectivity index (χ2v) is 17.1. The van der Waals surface area contributed by atoms with Crippen molar-refractivity contribution in [2.24, 2.45) is 0 Å². The van der Waals surface area contributed by atoms with Crippen molar-refractivity contribution in [2.45, 2.75) is 0 Å². The van der Waals surface area contributed by atoms with Crippen LogP contribution >= 0.6 is 11.3 Å². The fourth-order valence-corrected chi connectivity index (χ4v) is 10.5. The summed E-state index contributed by atoms with van der Waals surface area (Å²) in [6, 6.07) is 75.7. The van der Waals surface area contributed by atoms with Crippen molar-refractivity contribution in [2.75, 3.05) is 0 Å². The van der Waals surface area contributed by atoms with Gasteiger partial charge in [0.25, 0.3) is 0 Å². The number of hydrogen-bond donors (Lipinski definition) is 0. The summed E-state index contributed by atoms with van der Waals surface area (Å²) in [4.78, 5) is 16.0. The Balaban J connectivity index is 1.08. The highest BCUT2D eigenvalue weighted by atomic mass is 32.1. The fraction of sp³-hybridized carbons (Fsp3) is 0. The van der Waals surface area contributed by atoms with Crippen molar-refractivity contribution < 1.29 is 0 Å². The Hall–Kier alpha value is -8.19. The van der Waals surface area contributed by atoms with E-state index < -0.39 is 0 Å². The first-order valence-corrected chi connectivity index (χ1v) is 22.0. The summed E-state index contributed by atoms with van der Waals surface area (Å²) in [5, 5.41) is 7.04. The normalized spacial score (nSPS) is 11.8. The lowest BCUT2D eigenvalue weighted by molar-refractivity contribution is 0.953. The number of benzene rings is 9. The second-order valence-electron chi connectivity index (χ2n) is 16.0. The van der Waals surface area contributed by atoms with Crippen LogP contribution in [0.1, 0.15) is 0 Å². The molecule has 0 aliphatic rings. The van der Waals surface area contributed by atoms with Gasteiger partial charge in [0, 0.05) is 58.5 Å². The van der Waals surface area contributed by atoms with Gasteiger partial charge in [-0.05, 0) is 70.8 Å². The molecule has 0 aliphatic carbocycles. The predicted octanol–water partition coefficient (Wildman–Crippen LogP) is 15.1. The smallest absolute Gasteiger partial charge is 0.238 e. The number of rotatable bonds is 6. The maximum absolute atomic E-state index is 5.42. The quantitative estimate of drug-likeness (QED) is 0.168. The van der Waals surface area contributed by atoms with Crippen LogP contribution in [0.15, 0.2) is 212 Å². The number of thiophene rings is 1. The van der Waals surface area contributed by atoms with Crippen molar-refractivity contribution in [3.05, 3.63) is 212 Å². The first-order valence-electron chi connectivity index (χ1n) is 21.2. The van der Waals surface area contributed by atoms with Gasteiger partial charge in [-0.1, -0.05) is 164 Å².